The van der Waals surface area contributed by atoms with E-state index >= 15 is 0 Å². The smallest absolute Gasteiger partial charge is 0.316 e. The van der Waals surface area contributed by atoms with Crippen LogP contribution in [0.3, 0.4) is 0 Å². The average Bonchev–Trinajstić information content (AvgIpc) is 3.58. The highest BCUT2D eigenvalue weighted by Gasteiger charge is 2.60. The molecule has 14 nitrogen and oxygen atoms in total. The fraction of sp³-hybridized carbons (Fsp3) is 0.771. The van der Waals surface area contributed by atoms with Crippen molar-refractivity contribution in [2.45, 2.75) is 191 Å². The Morgan fingerprint density at radius 3 is 2.32 bits per heavy atom. The number of aliphatic hydroxyl groups is 3. The molecule has 0 aromatic heterocycles. The molecule has 7 aliphatic rings. The summed E-state index contributed by atoms with van der Waals surface area (Å²) >= 11 is 0. The summed E-state index contributed by atoms with van der Waals surface area (Å²) in [5, 5.41) is 34.2. The predicted molar refractivity (Wildman–Crippen MR) is 227 cm³/mol. The molecule has 348 valence electrons. The number of carbonyl (C=O) groups excluding carboxylic acids is 1. The van der Waals surface area contributed by atoms with E-state index in [4.69, 9.17) is 47.4 Å². The van der Waals surface area contributed by atoms with Crippen LogP contribution in [-0.4, -0.2) is 139 Å². The van der Waals surface area contributed by atoms with Gasteiger partial charge in [-0.15, -0.1) is 0 Å². The average molecular weight is 873 g/mol. The molecule has 1 aliphatic carbocycles. The molecule has 0 radical (unpaired) electrons. The van der Waals surface area contributed by atoms with Crippen molar-refractivity contribution in [3.8, 4) is 0 Å². The Morgan fingerprint density at radius 2 is 1.60 bits per heavy atom. The number of carbonyl (C=O) groups is 1. The Labute approximate surface area is 367 Å². The van der Waals surface area contributed by atoms with E-state index in [1.807, 2.05) is 32.1 Å². The van der Waals surface area contributed by atoms with Gasteiger partial charge >= 0.3 is 5.97 Å². The Bertz CT molecular complexity index is 1730. The van der Waals surface area contributed by atoms with Gasteiger partial charge in [-0.3, -0.25) is 4.79 Å². The Hall–Kier alpha value is -2.31. The van der Waals surface area contributed by atoms with Gasteiger partial charge in [0.15, 0.2) is 18.4 Å². The normalized spacial score (nSPS) is 49.1. The molecule has 3 N–H and O–H groups in total. The second-order valence-corrected chi connectivity index (χ2v) is 19.0. The van der Waals surface area contributed by atoms with Gasteiger partial charge in [0, 0.05) is 51.7 Å². The van der Waals surface area contributed by atoms with Crippen molar-refractivity contribution in [3.05, 3.63) is 59.3 Å². The maximum atomic E-state index is 14.3. The van der Waals surface area contributed by atoms with E-state index in [0.29, 0.717) is 43.3 Å². The summed E-state index contributed by atoms with van der Waals surface area (Å²) in [5.74, 6) is -2.56. The van der Waals surface area contributed by atoms with Crippen LogP contribution in [0.2, 0.25) is 0 Å². The van der Waals surface area contributed by atoms with Crippen molar-refractivity contribution in [1.82, 2.24) is 0 Å². The van der Waals surface area contributed by atoms with Gasteiger partial charge in [0.2, 0.25) is 0 Å². The second-order valence-electron chi connectivity index (χ2n) is 19.0. The van der Waals surface area contributed by atoms with E-state index < -0.39 is 90.8 Å². The van der Waals surface area contributed by atoms with Gasteiger partial charge in [0.05, 0.1) is 49.3 Å². The van der Waals surface area contributed by atoms with Crippen LogP contribution in [0, 0.1) is 23.7 Å². The molecule has 4 saturated heterocycles. The number of allylic oxidation sites excluding steroid dienone is 2. The lowest BCUT2D eigenvalue weighted by molar-refractivity contribution is -0.318. The summed E-state index contributed by atoms with van der Waals surface area (Å²) in [6.07, 6.45) is 8.55. The molecule has 62 heavy (non-hydrogen) atoms. The molecule has 6 aliphatic heterocycles. The predicted octanol–water partition coefficient (Wildman–Crippen LogP) is 5.38. The van der Waals surface area contributed by atoms with Crippen molar-refractivity contribution < 1.29 is 67.5 Å². The fourth-order valence-corrected chi connectivity index (χ4v) is 10.6. The topological polar surface area (TPSA) is 170 Å². The van der Waals surface area contributed by atoms with Crippen LogP contribution in [0.15, 0.2) is 59.3 Å². The molecule has 20 atom stereocenters. The quantitative estimate of drug-likeness (QED) is 0.210. The Morgan fingerprint density at radius 1 is 0.887 bits per heavy atom. The molecule has 0 saturated carbocycles. The zero-order valence-corrected chi connectivity index (χ0v) is 38.2. The van der Waals surface area contributed by atoms with E-state index in [-0.39, 0.29) is 42.7 Å². The van der Waals surface area contributed by atoms with Crippen LogP contribution >= 0.6 is 0 Å². The maximum Gasteiger partial charge on any atom is 0.316 e. The number of rotatable bonds is 8. The third-order valence-electron chi connectivity index (χ3n) is 14.5. The van der Waals surface area contributed by atoms with E-state index in [2.05, 4.69) is 39.8 Å². The largest absolute Gasteiger partial charge is 0.462 e. The van der Waals surface area contributed by atoms with Gasteiger partial charge < -0.3 is 62.7 Å². The highest BCUT2D eigenvalue weighted by molar-refractivity contribution is 5.78. The summed E-state index contributed by atoms with van der Waals surface area (Å²) in [4.78, 5) is 14.3. The van der Waals surface area contributed by atoms with Gasteiger partial charge in [-0.05, 0) is 62.8 Å². The molecule has 0 aromatic carbocycles. The van der Waals surface area contributed by atoms with Crippen molar-refractivity contribution >= 4 is 5.97 Å². The first-order valence-corrected chi connectivity index (χ1v) is 22.9. The number of hydrogen-bond donors (Lipinski definition) is 3. The second kappa shape index (κ2) is 19.7. The molecular weight excluding hydrogens is 801 g/mol. The van der Waals surface area contributed by atoms with E-state index in [0.717, 1.165) is 12.0 Å². The van der Waals surface area contributed by atoms with E-state index in [9.17, 15) is 20.1 Å². The first kappa shape index (κ1) is 47.6. The Kier molecular flexibility index (Phi) is 15.1. The van der Waals surface area contributed by atoms with Crippen molar-refractivity contribution in [2.24, 2.45) is 23.7 Å². The SMILES string of the molecule is CC[C@H](C)[C@H]1O[C@@]2(C=C[C@@H]1C)C[C@@H]1C[C@@H](C/C=C(\C)[C@H](O[C@H]3C[C@H](OC)[C@@H](O[C@H]4C[C@H](OC)[C@@H](O)[C@H](C)O4)[C@H](C)O3)[C@@H](C)/C=C/C=C3\CO[C@@H]4[C@H](O)C(C)=C[C@@H](C(=O)O1)[C@]34O)O2. The van der Waals surface area contributed by atoms with Crippen LogP contribution in [0.25, 0.3) is 0 Å². The zero-order valence-electron chi connectivity index (χ0n) is 38.2. The number of ether oxygens (including phenoxy) is 10. The summed E-state index contributed by atoms with van der Waals surface area (Å²) in [5.41, 5.74) is 0.134. The minimum absolute atomic E-state index is 0.0317. The summed E-state index contributed by atoms with van der Waals surface area (Å²) < 4.78 is 63.7. The standard InChI is InChI=1S/C48H72O14/c1-11-25(2)43-28(5)17-18-47(62-43)23-34-20-33(61-47)16-15-27(4)42(26(3)13-12-14-32-24-55-45-40(49)29(6)19-35(46(51)58-34)48(32,45)52)59-39-22-37(54-10)44(31(8)57-39)60-38-21-36(53-9)41(50)30(7)56-38/h12-15,17-19,25-26,28,30-31,33-45,49-50,52H,11,16,20-24H2,1-10H3/b13-12+,27-15+,32-14+/t25-,26-,28-,30-,31-,33+,34-,35-,36-,37-,38-,39-,40+,41-,42+,43+,44-,45+,47-,48+/m0/s1. The molecular formula is C48H72O14. The summed E-state index contributed by atoms with van der Waals surface area (Å²) in [7, 11) is 3.22. The lowest BCUT2D eigenvalue weighted by atomic mass is 9.71. The van der Waals surface area contributed by atoms with E-state index in [1.165, 1.54) is 0 Å². The van der Waals surface area contributed by atoms with Crippen LogP contribution in [0.4, 0.5) is 0 Å². The minimum Gasteiger partial charge on any atom is -0.462 e. The van der Waals surface area contributed by atoms with Gasteiger partial charge in [-0.2, -0.15) is 0 Å². The zero-order chi connectivity index (χ0) is 44.7. The van der Waals surface area contributed by atoms with Gasteiger partial charge in [0.1, 0.15) is 42.0 Å². The van der Waals surface area contributed by atoms with Crippen LogP contribution in [0.1, 0.15) is 93.9 Å². The van der Waals surface area contributed by atoms with Crippen LogP contribution in [-0.2, 0) is 52.2 Å². The third-order valence-corrected chi connectivity index (χ3v) is 14.5. The van der Waals surface area contributed by atoms with Gasteiger partial charge in [-0.25, -0.2) is 0 Å². The number of esters is 1. The highest BCUT2D eigenvalue weighted by Crippen LogP contribution is 2.47. The molecule has 0 unspecified atom stereocenters. The van der Waals surface area contributed by atoms with Crippen LogP contribution < -0.4 is 0 Å². The minimum atomic E-state index is -1.84. The van der Waals surface area contributed by atoms with Gasteiger partial charge in [0.25, 0.3) is 0 Å². The molecule has 0 amide bonds. The van der Waals surface area contributed by atoms with Crippen LogP contribution in [0.5, 0.6) is 0 Å². The van der Waals surface area contributed by atoms with Crippen molar-refractivity contribution in [1.29, 1.82) is 0 Å². The lowest BCUT2D eigenvalue weighted by Crippen LogP contribution is -2.58. The molecule has 7 rings (SSSR count). The summed E-state index contributed by atoms with van der Waals surface area (Å²) in [6.45, 7) is 16.1. The fourth-order valence-electron chi connectivity index (χ4n) is 10.6. The number of aliphatic hydroxyl groups excluding tert-OH is 2. The highest BCUT2D eigenvalue weighted by atomic mass is 16.7. The van der Waals surface area contributed by atoms with Crippen molar-refractivity contribution in [2.75, 3.05) is 20.8 Å². The molecule has 2 bridgehead atoms. The maximum absolute atomic E-state index is 14.3. The molecule has 14 heteroatoms. The lowest BCUT2D eigenvalue weighted by Gasteiger charge is -2.48. The summed E-state index contributed by atoms with van der Waals surface area (Å²) in [6, 6.07) is 0. The molecule has 6 heterocycles. The third kappa shape index (κ3) is 9.64. The number of methoxy groups -OCH3 is 2. The first-order valence-electron chi connectivity index (χ1n) is 22.9. The van der Waals surface area contributed by atoms with Crippen molar-refractivity contribution in [3.63, 3.8) is 0 Å². The molecule has 4 fully saturated rings. The molecule has 0 aromatic rings. The Balaban J connectivity index is 1.18. The first-order chi connectivity index (χ1) is 29.5. The monoisotopic (exact) mass is 872 g/mol. The van der Waals surface area contributed by atoms with Gasteiger partial charge in [-0.1, -0.05) is 70.6 Å². The molecule has 1 spiro atoms. The number of hydrogen-bond acceptors (Lipinski definition) is 14. The van der Waals surface area contributed by atoms with E-state index in [1.54, 1.807) is 40.2 Å². The number of fused-ring (bicyclic) bond motifs is 2.